The van der Waals surface area contributed by atoms with Gasteiger partial charge in [0.25, 0.3) is 0 Å². The fourth-order valence-corrected chi connectivity index (χ4v) is 3.83. The molecule has 1 aliphatic heterocycles. The molecule has 2 heterocycles. The van der Waals surface area contributed by atoms with Gasteiger partial charge >= 0.3 is 0 Å². The molecule has 2 unspecified atom stereocenters. The zero-order chi connectivity index (χ0) is 14.1. The van der Waals surface area contributed by atoms with Crippen molar-refractivity contribution in [2.24, 2.45) is 11.8 Å². The highest BCUT2D eigenvalue weighted by Crippen LogP contribution is 2.38. The van der Waals surface area contributed by atoms with E-state index in [4.69, 9.17) is 10.7 Å². The van der Waals surface area contributed by atoms with Crippen LogP contribution in [-0.2, 0) is 6.42 Å². The summed E-state index contributed by atoms with van der Waals surface area (Å²) in [6.07, 6.45) is 7.82. The minimum atomic E-state index is 0.651. The Morgan fingerprint density at radius 1 is 1.15 bits per heavy atom. The summed E-state index contributed by atoms with van der Waals surface area (Å²) in [5, 5.41) is 0. The molecule has 2 fully saturated rings. The van der Waals surface area contributed by atoms with Crippen LogP contribution in [-0.4, -0.2) is 23.1 Å². The van der Waals surface area contributed by atoms with Gasteiger partial charge in [0.1, 0.15) is 17.5 Å². The fraction of sp³-hybridized carbons (Fsp3) is 0.750. The average Bonchev–Trinajstić information content (AvgIpc) is 2.49. The molecule has 1 saturated heterocycles. The van der Waals surface area contributed by atoms with E-state index in [1.165, 1.54) is 32.1 Å². The minimum Gasteiger partial charge on any atom is -0.383 e. The van der Waals surface area contributed by atoms with Gasteiger partial charge in [-0.3, -0.25) is 0 Å². The highest BCUT2D eigenvalue weighted by molar-refractivity contribution is 5.56. The Labute approximate surface area is 121 Å². The van der Waals surface area contributed by atoms with Crippen LogP contribution in [0.25, 0.3) is 0 Å². The Bertz CT molecular complexity index is 486. The standard InChI is InChI=1S/C16H26N4/c1-3-14-18-15(17)11(2)16(19-14)20-9-8-12-6-4-5-7-13(12)10-20/h12-13H,3-10H2,1-2H3,(H2,17,18,19). The molecule has 110 valence electrons. The van der Waals surface area contributed by atoms with Crippen molar-refractivity contribution < 1.29 is 0 Å². The van der Waals surface area contributed by atoms with Crippen molar-refractivity contribution in [3.05, 3.63) is 11.4 Å². The molecule has 1 aromatic rings. The van der Waals surface area contributed by atoms with Gasteiger partial charge in [0, 0.05) is 25.1 Å². The molecular weight excluding hydrogens is 248 g/mol. The third-order valence-corrected chi connectivity index (χ3v) is 5.11. The predicted molar refractivity (Wildman–Crippen MR) is 82.8 cm³/mol. The number of aromatic nitrogens is 2. The molecule has 4 heteroatoms. The minimum absolute atomic E-state index is 0.651. The number of nitrogens with two attached hydrogens (primary N) is 1. The molecule has 20 heavy (non-hydrogen) atoms. The molecule has 1 saturated carbocycles. The summed E-state index contributed by atoms with van der Waals surface area (Å²) in [6, 6.07) is 0. The molecule has 2 aliphatic rings. The largest absolute Gasteiger partial charge is 0.383 e. The van der Waals surface area contributed by atoms with Crippen molar-refractivity contribution in [3.8, 4) is 0 Å². The summed E-state index contributed by atoms with van der Waals surface area (Å²) in [5.41, 5.74) is 7.11. The zero-order valence-corrected chi connectivity index (χ0v) is 12.7. The first-order valence-corrected chi connectivity index (χ1v) is 8.07. The van der Waals surface area contributed by atoms with Gasteiger partial charge in [-0.2, -0.15) is 0 Å². The Morgan fingerprint density at radius 2 is 1.90 bits per heavy atom. The highest BCUT2D eigenvalue weighted by atomic mass is 15.2. The SMILES string of the molecule is CCc1nc(N)c(C)c(N2CCC3CCCCC3C2)n1. The first-order valence-electron chi connectivity index (χ1n) is 8.07. The Hall–Kier alpha value is -1.32. The van der Waals surface area contributed by atoms with Crippen molar-refractivity contribution in [3.63, 3.8) is 0 Å². The predicted octanol–water partition coefficient (Wildman–Crippen LogP) is 2.95. The lowest BCUT2D eigenvalue weighted by Crippen LogP contribution is -2.42. The van der Waals surface area contributed by atoms with Gasteiger partial charge in [0.15, 0.2) is 0 Å². The van der Waals surface area contributed by atoms with E-state index in [9.17, 15) is 0 Å². The number of hydrogen-bond donors (Lipinski definition) is 1. The molecule has 1 aromatic heterocycles. The van der Waals surface area contributed by atoms with Crippen LogP contribution in [0.2, 0.25) is 0 Å². The molecule has 2 N–H and O–H groups in total. The molecule has 0 radical (unpaired) electrons. The van der Waals surface area contributed by atoms with Crippen LogP contribution in [0.5, 0.6) is 0 Å². The molecule has 1 aliphatic carbocycles. The van der Waals surface area contributed by atoms with Crippen LogP contribution >= 0.6 is 0 Å². The fourth-order valence-electron chi connectivity index (χ4n) is 3.83. The number of rotatable bonds is 2. The maximum atomic E-state index is 6.06. The van der Waals surface area contributed by atoms with E-state index in [0.29, 0.717) is 5.82 Å². The number of fused-ring (bicyclic) bond motifs is 1. The van der Waals surface area contributed by atoms with Crippen molar-refractivity contribution >= 4 is 11.6 Å². The number of hydrogen-bond acceptors (Lipinski definition) is 4. The Kier molecular flexibility index (Phi) is 3.81. The maximum absolute atomic E-state index is 6.06. The van der Waals surface area contributed by atoms with Crippen molar-refractivity contribution in [2.45, 2.75) is 52.4 Å². The maximum Gasteiger partial charge on any atom is 0.137 e. The van der Waals surface area contributed by atoms with Gasteiger partial charge in [0.05, 0.1) is 0 Å². The summed E-state index contributed by atoms with van der Waals surface area (Å²) < 4.78 is 0. The van der Waals surface area contributed by atoms with E-state index in [-0.39, 0.29) is 0 Å². The zero-order valence-electron chi connectivity index (χ0n) is 12.7. The van der Waals surface area contributed by atoms with Gasteiger partial charge in [-0.1, -0.05) is 26.2 Å². The van der Waals surface area contributed by atoms with Crippen LogP contribution in [0.4, 0.5) is 11.6 Å². The number of piperidine rings is 1. The second kappa shape index (κ2) is 5.58. The highest BCUT2D eigenvalue weighted by Gasteiger charge is 2.32. The van der Waals surface area contributed by atoms with Crippen LogP contribution in [0.1, 0.15) is 50.4 Å². The third kappa shape index (κ3) is 2.48. The lowest BCUT2D eigenvalue weighted by atomic mass is 9.75. The molecule has 0 spiro atoms. The quantitative estimate of drug-likeness (QED) is 0.901. The molecular formula is C16H26N4. The monoisotopic (exact) mass is 274 g/mol. The Balaban J connectivity index is 1.84. The van der Waals surface area contributed by atoms with Gasteiger partial charge in [-0.05, 0) is 31.6 Å². The van der Waals surface area contributed by atoms with Gasteiger partial charge in [-0.15, -0.1) is 0 Å². The molecule has 0 aromatic carbocycles. The normalized spacial score (nSPS) is 26.4. The van der Waals surface area contributed by atoms with Crippen molar-refractivity contribution in [1.29, 1.82) is 0 Å². The number of aryl methyl sites for hydroxylation is 1. The first kappa shape index (κ1) is 13.7. The van der Waals surface area contributed by atoms with E-state index in [2.05, 4.69) is 23.7 Å². The van der Waals surface area contributed by atoms with Crippen molar-refractivity contribution in [1.82, 2.24) is 9.97 Å². The number of anilines is 2. The summed E-state index contributed by atoms with van der Waals surface area (Å²) in [7, 11) is 0. The van der Waals surface area contributed by atoms with Gasteiger partial charge in [0.2, 0.25) is 0 Å². The summed E-state index contributed by atoms with van der Waals surface area (Å²) in [4.78, 5) is 11.6. The molecule has 4 nitrogen and oxygen atoms in total. The van der Waals surface area contributed by atoms with Crippen LogP contribution in [0.3, 0.4) is 0 Å². The Morgan fingerprint density at radius 3 is 2.65 bits per heavy atom. The van der Waals surface area contributed by atoms with Crippen molar-refractivity contribution in [2.75, 3.05) is 23.7 Å². The number of nitrogen functional groups attached to an aromatic ring is 1. The van der Waals surface area contributed by atoms with E-state index in [0.717, 1.165) is 48.6 Å². The lowest BCUT2D eigenvalue weighted by Gasteiger charge is -2.42. The lowest BCUT2D eigenvalue weighted by molar-refractivity contribution is 0.202. The van der Waals surface area contributed by atoms with Crippen LogP contribution in [0, 0.1) is 18.8 Å². The first-order chi connectivity index (χ1) is 9.69. The van der Waals surface area contributed by atoms with Crippen LogP contribution < -0.4 is 10.6 Å². The second-order valence-corrected chi connectivity index (χ2v) is 6.37. The topological polar surface area (TPSA) is 55.0 Å². The van der Waals surface area contributed by atoms with E-state index in [1.807, 2.05) is 0 Å². The molecule has 0 bridgehead atoms. The summed E-state index contributed by atoms with van der Waals surface area (Å²) in [5.74, 6) is 4.41. The van der Waals surface area contributed by atoms with Crippen LogP contribution in [0.15, 0.2) is 0 Å². The summed E-state index contributed by atoms with van der Waals surface area (Å²) >= 11 is 0. The third-order valence-electron chi connectivity index (χ3n) is 5.11. The molecule has 2 atom stereocenters. The van der Waals surface area contributed by atoms with E-state index < -0.39 is 0 Å². The molecule has 0 amide bonds. The van der Waals surface area contributed by atoms with Gasteiger partial charge < -0.3 is 10.6 Å². The molecule has 3 rings (SSSR count). The smallest absolute Gasteiger partial charge is 0.137 e. The van der Waals surface area contributed by atoms with Gasteiger partial charge in [-0.25, -0.2) is 9.97 Å². The van der Waals surface area contributed by atoms with E-state index >= 15 is 0 Å². The number of nitrogens with zero attached hydrogens (tertiary/aromatic N) is 3. The second-order valence-electron chi connectivity index (χ2n) is 6.37. The van der Waals surface area contributed by atoms with E-state index in [1.54, 1.807) is 0 Å². The summed E-state index contributed by atoms with van der Waals surface area (Å²) in [6.45, 7) is 6.42. The average molecular weight is 274 g/mol.